The van der Waals surface area contributed by atoms with Gasteiger partial charge >= 0.3 is 0 Å². The number of carbonyl (C=O) groups excluding carboxylic acids is 2. The van der Waals surface area contributed by atoms with Crippen LogP contribution < -0.4 is 4.74 Å². The highest BCUT2D eigenvalue weighted by Crippen LogP contribution is 2.30. The number of fused-ring (bicyclic) bond motifs is 1. The van der Waals surface area contributed by atoms with E-state index in [2.05, 4.69) is 15.9 Å². The first kappa shape index (κ1) is 14.7. The second-order valence-corrected chi connectivity index (χ2v) is 5.53. The maximum atomic E-state index is 12.9. The normalized spacial score (nSPS) is 14.1. The molecule has 2 aromatic carbocycles. The van der Waals surface area contributed by atoms with Gasteiger partial charge in [0.05, 0.1) is 10.1 Å². The Morgan fingerprint density at radius 3 is 2.14 bits per heavy atom. The minimum absolute atomic E-state index is 0.0644. The van der Waals surface area contributed by atoms with Gasteiger partial charge in [-0.25, -0.2) is 4.39 Å². The molecule has 1 aliphatic rings. The van der Waals surface area contributed by atoms with E-state index in [0.29, 0.717) is 16.9 Å². The second kappa shape index (κ2) is 5.85. The Balaban J connectivity index is 1.87. The summed E-state index contributed by atoms with van der Waals surface area (Å²) in [5, 5.41) is 0. The fourth-order valence-electron chi connectivity index (χ4n) is 2.21. The molecule has 0 atom stereocenters. The van der Waals surface area contributed by atoms with Crippen LogP contribution in [0, 0.1) is 5.82 Å². The SMILES string of the molecule is O=C1C(Br)=C(COc2ccc(F)cc2)C(=O)c2ccccc21. The van der Waals surface area contributed by atoms with Crippen molar-refractivity contribution >= 4 is 27.5 Å². The molecule has 22 heavy (non-hydrogen) atoms. The van der Waals surface area contributed by atoms with E-state index in [1.54, 1.807) is 24.3 Å². The lowest BCUT2D eigenvalue weighted by Gasteiger charge is -2.18. The number of hydrogen-bond acceptors (Lipinski definition) is 3. The average Bonchev–Trinajstić information content (AvgIpc) is 2.54. The van der Waals surface area contributed by atoms with Gasteiger partial charge in [-0.3, -0.25) is 9.59 Å². The molecular weight excluding hydrogens is 351 g/mol. The Kier molecular flexibility index (Phi) is 3.90. The van der Waals surface area contributed by atoms with Crippen molar-refractivity contribution in [2.75, 3.05) is 6.61 Å². The Morgan fingerprint density at radius 2 is 1.50 bits per heavy atom. The molecule has 0 heterocycles. The van der Waals surface area contributed by atoms with Gasteiger partial charge in [-0.15, -0.1) is 0 Å². The van der Waals surface area contributed by atoms with Gasteiger partial charge < -0.3 is 4.74 Å². The summed E-state index contributed by atoms with van der Waals surface area (Å²) in [7, 11) is 0. The molecule has 2 aromatic rings. The number of carbonyl (C=O) groups is 2. The van der Waals surface area contributed by atoms with Gasteiger partial charge in [0.15, 0.2) is 5.78 Å². The van der Waals surface area contributed by atoms with Crippen LogP contribution in [0.4, 0.5) is 4.39 Å². The summed E-state index contributed by atoms with van der Waals surface area (Å²) in [5.41, 5.74) is 1.01. The van der Waals surface area contributed by atoms with Gasteiger partial charge in [-0.1, -0.05) is 24.3 Å². The molecule has 0 N–H and O–H groups in total. The van der Waals surface area contributed by atoms with Crippen LogP contribution in [0.2, 0.25) is 0 Å². The van der Waals surface area contributed by atoms with Crippen LogP contribution >= 0.6 is 15.9 Å². The van der Waals surface area contributed by atoms with Gasteiger partial charge in [-0.2, -0.15) is 0 Å². The highest BCUT2D eigenvalue weighted by Gasteiger charge is 2.30. The predicted molar refractivity (Wildman–Crippen MR) is 83.0 cm³/mol. The van der Waals surface area contributed by atoms with Crippen molar-refractivity contribution in [1.29, 1.82) is 0 Å². The van der Waals surface area contributed by atoms with Crippen LogP contribution in [0.5, 0.6) is 5.75 Å². The Morgan fingerprint density at radius 1 is 0.909 bits per heavy atom. The summed E-state index contributed by atoms with van der Waals surface area (Å²) in [6.45, 7) is -0.0644. The molecule has 0 fully saturated rings. The molecule has 5 heteroatoms. The van der Waals surface area contributed by atoms with E-state index in [1.165, 1.54) is 24.3 Å². The zero-order valence-electron chi connectivity index (χ0n) is 11.3. The molecule has 0 unspecified atom stereocenters. The molecule has 3 nitrogen and oxygen atoms in total. The highest BCUT2D eigenvalue weighted by molar-refractivity contribution is 9.12. The van der Waals surface area contributed by atoms with Crippen LogP contribution in [0.3, 0.4) is 0 Å². The van der Waals surface area contributed by atoms with E-state index in [9.17, 15) is 14.0 Å². The van der Waals surface area contributed by atoms with Crippen molar-refractivity contribution in [3.05, 3.63) is 75.5 Å². The van der Waals surface area contributed by atoms with E-state index in [-0.39, 0.29) is 34.0 Å². The lowest BCUT2D eigenvalue weighted by atomic mass is 9.90. The molecular formula is C17H10BrFO3. The lowest BCUT2D eigenvalue weighted by Crippen LogP contribution is -2.23. The standard InChI is InChI=1S/C17H10BrFO3/c18-15-14(9-22-11-7-5-10(19)6-8-11)16(20)12-3-1-2-4-13(12)17(15)21/h1-8H,9H2. The molecule has 0 amide bonds. The first-order valence-corrected chi connectivity index (χ1v) is 7.32. The molecule has 0 spiro atoms. The van der Waals surface area contributed by atoms with Crippen LogP contribution in [0.15, 0.2) is 58.6 Å². The van der Waals surface area contributed by atoms with Crippen molar-refractivity contribution in [1.82, 2.24) is 0 Å². The van der Waals surface area contributed by atoms with Gasteiger partial charge in [0.25, 0.3) is 0 Å². The third-order valence-electron chi connectivity index (χ3n) is 3.35. The second-order valence-electron chi connectivity index (χ2n) is 4.74. The lowest BCUT2D eigenvalue weighted by molar-refractivity contribution is 0.0972. The summed E-state index contributed by atoms with van der Waals surface area (Å²) in [4.78, 5) is 24.7. The van der Waals surface area contributed by atoms with Crippen LogP contribution in [-0.4, -0.2) is 18.2 Å². The molecule has 1 aliphatic carbocycles. The smallest absolute Gasteiger partial charge is 0.201 e. The summed E-state index contributed by atoms with van der Waals surface area (Å²) in [6.07, 6.45) is 0. The van der Waals surface area contributed by atoms with Crippen molar-refractivity contribution in [2.24, 2.45) is 0 Å². The Labute approximate surface area is 134 Å². The maximum absolute atomic E-state index is 12.9. The quantitative estimate of drug-likeness (QED) is 0.832. The van der Waals surface area contributed by atoms with Crippen molar-refractivity contribution in [3.8, 4) is 5.75 Å². The van der Waals surface area contributed by atoms with E-state index < -0.39 is 0 Å². The summed E-state index contributed by atoms with van der Waals surface area (Å²) in [6, 6.07) is 12.1. The fraction of sp³-hybridized carbons (Fsp3) is 0.0588. The number of hydrogen-bond donors (Lipinski definition) is 0. The summed E-state index contributed by atoms with van der Waals surface area (Å²) >= 11 is 3.18. The molecule has 110 valence electrons. The number of halogens is 2. The van der Waals surface area contributed by atoms with E-state index in [4.69, 9.17) is 4.74 Å². The van der Waals surface area contributed by atoms with Crippen molar-refractivity contribution in [3.63, 3.8) is 0 Å². The van der Waals surface area contributed by atoms with E-state index in [0.717, 1.165) is 0 Å². The Bertz CT molecular complexity index is 794. The summed E-state index contributed by atoms with van der Waals surface area (Å²) < 4.78 is 18.5. The zero-order chi connectivity index (χ0) is 15.7. The Hall–Kier alpha value is -2.27. The molecule has 3 rings (SSSR count). The molecule has 0 aliphatic heterocycles. The largest absolute Gasteiger partial charge is 0.489 e. The number of rotatable bonds is 3. The number of allylic oxidation sites excluding steroid dienone is 1. The van der Waals surface area contributed by atoms with Crippen LogP contribution in [-0.2, 0) is 0 Å². The minimum Gasteiger partial charge on any atom is -0.489 e. The monoisotopic (exact) mass is 360 g/mol. The third kappa shape index (κ3) is 2.60. The third-order valence-corrected chi connectivity index (χ3v) is 4.19. The van der Waals surface area contributed by atoms with Crippen molar-refractivity contribution in [2.45, 2.75) is 0 Å². The highest BCUT2D eigenvalue weighted by atomic mass is 79.9. The topological polar surface area (TPSA) is 43.4 Å². The van der Waals surface area contributed by atoms with Gasteiger partial charge in [-0.05, 0) is 40.2 Å². The molecule has 0 saturated heterocycles. The van der Waals surface area contributed by atoms with Crippen LogP contribution in [0.25, 0.3) is 0 Å². The summed E-state index contributed by atoms with van der Waals surface area (Å²) in [5.74, 6) is -0.434. The predicted octanol–water partition coefficient (Wildman–Crippen LogP) is 3.93. The number of Topliss-reactive ketones (excluding diaryl/α,β-unsaturated/α-hetero) is 2. The molecule has 0 aromatic heterocycles. The zero-order valence-corrected chi connectivity index (χ0v) is 12.9. The van der Waals surface area contributed by atoms with E-state index in [1.807, 2.05) is 0 Å². The molecule has 0 radical (unpaired) electrons. The first-order chi connectivity index (χ1) is 10.6. The molecule has 0 bridgehead atoms. The van der Waals surface area contributed by atoms with Gasteiger partial charge in [0.1, 0.15) is 18.2 Å². The number of ketones is 2. The van der Waals surface area contributed by atoms with Gasteiger partial charge in [0.2, 0.25) is 5.78 Å². The van der Waals surface area contributed by atoms with Crippen molar-refractivity contribution < 1.29 is 18.7 Å². The van der Waals surface area contributed by atoms with Crippen LogP contribution in [0.1, 0.15) is 20.7 Å². The molecule has 0 saturated carbocycles. The van der Waals surface area contributed by atoms with E-state index >= 15 is 0 Å². The average molecular weight is 361 g/mol. The fourth-order valence-corrected chi connectivity index (χ4v) is 2.72. The number of ether oxygens (including phenoxy) is 1. The number of benzene rings is 2. The minimum atomic E-state index is -0.370. The van der Waals surface area contributed by atoms with Gasteiger partial charge in [0, 0.05) is 11.1 Å². The first-order valence-electron chi connectivity index (χ1n) is 6.53. The maximum Gasteiger partial charge on any atom is 0.201 e.